The molecule has 90 valence electrons. The van der Waals surface area contributed by atoms with Gasteiger partial charge in [-0.25, -0.2) is 15.0 Å². The van der Waals surface area contributed by atoms with Crippen LogP contribution in [0.3, 0.4) is 0 Å². The summed E-state index contributed by atoms with van der Waals surface area (Å²) in [5.74, 6) is 5.80. The van der Waals surface area contributed by atoms with Crippen molar-refractivity contribution in [3.05, 3.63) is 46.6 Å². The van der Waals surface area contributed by atoms with Crippen LogP contribution in [0.15, 0.2) is 24.7 Å². The molecule has 0 aromatic carbocycles. The summed E-state index contributed by atoms with van der Waals surface area (Å²) in [6.07, 6.45) is 2.84. The molecule has 2 rings (SSSR count). The topological polar surface area (TPSA) is 84.9 Å². The molecule has 0 aliphatic carbocycles. The number of nitrogen functional groups attached to an aromatic ring is 1. The molecular formula is C12H9ClN4O. The third-order valence-electron chi connectivity index (χ3n) is 2.15. The number of aliphatic hydroxyl groups is 1. The fourth-order valence-electron chi connectivity index (χ4n) is 1.26. The number of anilines is 1. The van der Waals surface area contributed by atoms with Crippen LogP contribution < -0.4 is 5.73 Å². The van der Waals surface area contributed by atoms with Gasteiger partial charge in [0.1, 0.15) is 28.6 Å². The molecular weight excluding hydrogens is 252 g/mol. The lowest BCUT2D eigenvalue weighted by molar-refractivity contribution is 0.281. The van der Waals surface area contributed by atoms with Gasteiger partial charge in [0.15, 0.2) is 0 Å². The highest BCUT2D eigenvalue weighted by molar-refractivity contribution is 6.30. The van der Waals surface area contributed by atoms with Crippen molar-refractivity contribution in [2.75, 3.05) is 5.73 Å². The zero-order chi connectivity index (χ0) is 13.0. The van der Waals surface area contributed by atoms with Gasteiger partial charge in [0, 0.05) is 6.20 Å². The predicted molar refractivity (Wildman–Crippen MR) is 67.6 cm³/mol. The minimum atomic E-state index is -0.0610. The Hall–Kier alpha value is -2.16. The predicted octanol–water partition coefficient (Wildman–Crippen LogP) is 0.999. The summed E-state index contributed by atoms with van der Waals surface area (Å²) in [6, 6.07) is 3.39. The molecule has 0 saturated heterocycles. The molecule has 18 heavy (non-hydrogen) atoms. The Bertz CT molecular complexity index is 613. The summed E-state index contributed by atoms with van der Waals surface area (Å²) in [7, 11) is 0. The highest BCUT2D eigenvalue weighted by Gasteiger charge is 2.03. The van der Waals surface area contributed by atoms with Gasteiger partial charge in [-0.3, -0.25) is 0 Å². The average molecular weight is 261 g/mol. The molecule has 3 N–H and O–H groups in total. The first kappa shape index (κ1) is 12.3. The maximum Gasteiger partial charge on any atom is 0.150 e. The molecule has 6 heteroatoms. The van der Waals surface area contributed by atoms with Crippen molar-refractivity contribution in [3.8, 4) is 11.8 Å². The van der Waals surface area contributed by atoms with E-state index < -0.39 is 0 Å². The third-order valence-corrected chi connectivity index (χ3v) is 2.44. The minimum Gasteiger partial charge on any atom is -0.392 e. The van der Waals surface area contributed by atoms with Crippen LogP contribution in [0.5, 0.6) is 0 Å². The molecule has 5 nitrogen and oxygen atoms in total. The standard InChI is InChI=1S/C12H9ClN4O/c13-11-10(12(14)17-7-16-11)2-1-9-5-8(6-18)3-4-15-9/h3-5,7,18H,6H2,(H2,14,16,17). The number of aromatic nitrogens is 3. The van der Waals surface area contributed by atoms with Gasteiger partial charge in [-0.2, -0.15) is 0 Å². The normalized spacial score (nSPS) is 9.67. The number of nitrogens with two attached hydrogens (primary N) is 1. The highest BCUT2D eigenvalue weighted by atomic mass is 35.5. The third kappa shape index (κ3) is 2.74. The lowest BCUT2D eigenvalue weighted by Crippen LogP contribution is -1.97. The van der Waals surface area contributed by atoms with E-state index in [4.69, 9.17) is 22.4 Å². The maximum atomic E-state index is 9.00. The van der Waals surface area contributed by atoms with Gasteiger partial charge in [-0.15, -0.1) is 0 Å². The van der Waals surface area contributed by atoms with Gasteiger partial charge in [0.05, 0.1) is 6.61 Å². The van der Waals surface area contributed by atoms with E-state index in [0.717, 1.165) is 5.56 Å². The highest BCUT2D eigenvalue weighted by Crippen LogP contribution is 2.15. The summed E-state index contributed by atoms with van der Waals surface area (Å²) >= 11 is 5.86. The summed E-state index contributed by atoms with van der Waals surface area (Å²) < 4.78 is 0. The number of pyridine rings is 1. The largest absolute Gasteiger partial charge is 0.392 e. The summed E-state index contributed by atoms with van der Waals surface area (Å²) in [4.78, 5) is 11.7. The van der Waals surface area contributed by atoms with Gasteiger partial charge in [-0.05, 0) is 23.6 Å². The molecule has 0 aliphatic heterocycles. The molecule has 0 fully saturated rings. The second kappa shape index (κ2) is 5.45. The molecule has 0 aliphatic rings. The lowest BCUT2D eigenvalue weighted by atomic mass is 10.2. The first-order valence-corrected chi connectivity index (χ1v) is 5.42. The quantitative estimate of drug-likeness (QED) is 0.590. The molecule has 0 spiro atoms. The molecule has 0 amide bonds. The SMILES string of the molecule is Nc1ncnc(Cl)c1C#Cc1cc(CO)ccn1. The zero-order valence-corrected chi connectivity index (χ0v) is 10.0. The number of aliphatic hydroxyl groups excluding tert-OH is 1. The molecule has 0 unspecified atom stereocenters. The van der Waals surface area contributed by atoms with Gasteiger partial charge in [-0.1, -0.05) is 17.5 Å². The molecule has 0 bridgehead atoms. The summed E-state index contributed by atoms with van der Waals surface area (Å²) in [5, 5.41) is 9.20. The number of halogens is 1. The van der Waals surface area contributed by atoms with E-state index in [1.165, 1.54) is 6.33 Å². The van der Waals surface area contributed by atoms with E-state index in [1.807, 2.05) is 0 Å². The van der Waals surface area contributed by atoms with Crippen molar-refractivity contribution in [3.63, 3.8) is 0 Å². The van der Waals surface area contributed by atoms with Gasteiger partial charge < -0.3 is 10.8 Å². The molecule has 0 atom stereocenters. The van der Waals surface area contributed by atoms with Crippen LogP contribution >= 0.6 is 11.6 Å². The van der Waals surface area contributed by atoms with Crippen LogP contribution in [0.1, 0.15) is 16.8 Å². The van der Waals surface area contributed by atoms with Crippen molar-refractivity contribution in [2.45, 2.75) is 6.61 Å². The Kier molecular flexibility index (Phi) is 3.72. The van der Waals surface area contributed by atoms with Crippen molar-refractivity contribution >= 4 is 17.4 Å². The Morgan fingerprint density at radius 3 is 2.83 bits per heavy atom. The molecule has 2 aromatic heterocycles. The molecule has 2 aromatic rings. The first-order chi connectivity index (χ1) is 8.70. The zero-order valence-electron chi connectivity index (χ0n) is 9.26. The second-order valence-corrected chi connectivity index (χ2v) is 3.74. The number of rotatable bonds is 1. The summed E-state index contributed by atoms with van der Waals surface area (Å²) in [5.41, 5.74) is 7.26. The van der Waals surface area contributed by atoms with Gasteiger partial charge >= 0.3 is 0 Å². The number of nitrogens with zero attached hydrogens (tertiary/aromatic N) is 3. The van der Waals surface area contributed by atoms with Crippen molar-refractivity contribution < 1.29 is 5.11 Å². The van der Waals surface area contributed by atoms with Crippen molar-refractivity contribution in [1.29, 1.82) is 0 Å². The Labute approximate surface area is 109 Å². The van der Waals surface area contributed by atoms with E-state index in [9.17, 15) is 0 Å². The fourth-order valence-corrected chi connectivity index (χ4v) is 1.45. The van der Waals surface area contributed by atoms with Crippen LogP contribution in [-0.2, 0) is 6.61 Å². The Balaban J connectivity index is 2.37. The average Bonchev–Trinajstić information content (AvgIpc) is 2.38. The first-order valence-electron chi connectivity index (χ1n) is 5.04. The van der Waals surface area contributed by atoms with Gasteiger partial charge in [0.2, 0.25) is 0 Å². The van der Waals surface area contributed by atoms with Crippen LogP contribution in [0, 0.1) is 11.8 Å². The van der Waals surface area contributed by atoms with E-state index in [-0.39, 0.29) is 17.6 Å². The Morgan fingerprint density at radius 1 is 1.28 bits per heavy atom. The lowest BCUT2D eigenvalue weighted by Gasteiger charge is -1.98. The molecule has 2 heterocycles. The molecule has 0 saturated carbocycles. The van der Waals surface area contributed by atoms with Crippen LogP contribution in [0.4, 0.5) is 5.82 Å². The maximum absolute atomic E-state index is 9.00. The minimum absolute atomic E-state index is 0.0610. The van der Waals surface area contributed by atoms with E-state index in [2.05, 4.69) is 26.8 Å². The van der Waals surface area contributed by atoms with Crippen LogP contribution in [-0.4, -0.2) is 20.1 Å². The van der Waals surface area contributed by atoms with Gasteiger partial charge in [0.25, 0.3) is 0 Å². The van der Waals surface area contributed by atoms with Crippen LogP contribution in [0.2, 0.25) is 5.15 Å². The number of hydrogen-bond donors (Lipinski definition) is 2. The van der Waals surface area contributed by atoms with Crippen molar-refractivity contribution in [1.82, 2.24) is 15.0 Å². The monoisotopic (exact) mass is 260 g/mol. The fraction of sp³-hybridized carbons (Fsp3) is 0.0833. The molecule has 0 radical (unpaired) electrons. The van der Waals surface area contributed by atoms with Crippen LogP contribution in [0.25, 0.3) is 0 Å². The van der Waals surface area contributed by atoms with Crippen molar-refractivity contribution in [2.24, 2.45) is 0 Å². The second-order valence-electron chi connectivity index (χ2n) is 3.38. The Morgan fingerprint density at radius 2 is 2.11 bits per heavy atom. The summed E-state index contributed by atoms with van der Waals surface area (Å²) in [6.45, 7) is -0.0610. The number of hydrogen-bond acceptors (Lipinski definition) is 5. The van der Waals surface area contributed by atoms with E-state index >= 15 is 0 Å². The van der Waals surface area contributed by atoms with E-state index in [0.29, 0.717) is 11.3 Å². The van der Waals surface area contributed by atoms with E-state index in [1.54, 1.807) is 18.3 Å². The smallest absolute Gasteiger partial charge is 0.150 e.